The summed E-state index contributed by atoms with van der Waals surface area (Å²) < 4.78 is 4.89. The van der Waals surface area contributed by atoms with Crippen molar-refractivity contribution in [2.24, 2.45) is 0 Å². The van der Waals surface area contributed by atoms with Crippen LogP contribution in [-0.2, 0) is 4.79 Å². The predicted molar refractivity (Wildman–Crippen MR) is 59.6 cm³/mol. The number of halogens is 2. The van der Waals surface area contributed by atoms with Crippen molar-refractivity contribution >= 4 is 35.0 Å². The number of Topliss-reactive ketones (excluding diaryl/α,β-unsaturated/α-hetero) is 1. The number of carboxylic acids is 1. The van der Waals surface area contributed by atoms with E-state index in [4.69, 9.17) is 33.0 Å². The highest BCUT2D eigenvalue weighted by Gasteiger charge is 2.14. The maximum absolute atomic E-state index is 11.1. The zero-order valence-corrected chi connectivity index (χ0v) is 9.80. The molecule has 0 saturated carbocycles. The second-order valence-electron chi connectivity index (χ2n) is 2.98. The molecule has 0 saturated heterocycles. The Balaban J connectivity index is 3.02. The minimum Gasteiger partial charge on any atom is -0.480 e. The summed E-state index contributed by atoms with van der Waals surface area (Å²) in [5, 5.41) is 8.53. The highest BCUT2D eigenvalue weighted by atomic mass is 35.5. The molecule has 0 spiro atoms. The number of benzene rings is 1. The lowest BCUT2D eigenvalue weighted by atomic mass is 10.1. The van der Waals surface area contributed by atoms with E-state index in [2.05, 4.69) is 0 Å². The van der Waals surface area contributed by atoms with Crippen molar-refractivity contribution < 1.29 is 19.4 Å². The monoisotopic (exact) mass is 262 g/mol. The van der Waals surface area contributed by atoms with Gasteiger partial charge in [0, 0.05) is 5.56 Å². The van der Waals surface area contributed by atoms with Crippen molar-refractivity contribution in [1.29, 1.82) is 0 Å². The Hall–Kier alpha value is -1.26. The average molecular weight is 263 g/mol. The van der Waals surface area contributed by atoms with Gasteiger partial charge >= 0.3 is 5.97 Å². The van der Waals surface area contributed by atoms with Crippen LogP contribution in [0.4, 0.5) is 0 Å². The van der Waals surface area contributed by atoms with Gasteiger partial charge in [-0.3, -0.25) is 4.79 Å². The largest absolute Gasteiger partial charge is 0.480 e. The fraction of sp³-hybridized carbons (Fsp3) is 0.200. The summed E-state index contributed by atoms with van der Waals surface area (Å²) in [5.74, 6) is -1.21. The van der Waals surface area contributed by atoms with E-state index in [1.165, 1.54) is 19.1 Å². The molecular weight excluding hydrogens is 255 g/mol. The van der Waals surface area contributed by atoms with Gasteiger partial charge in [-0.25, -0.2) is 4.79 Å². The van der Waals surface area contributed by atoms with Crippen molar-refractivity contribution in [2.45, 2.75) is 6.92 Å². The molecule has 0 aliphatic rings. The Morgan fingerprint density at radius 2 is 1.94 bits per heavy atom. The predicted octanol–water partition coefficient (Wildman–Crippen LogP) is 2.66. The van der Waals surface area contributed by atoms with Crippen LogP contribution in [0.1, 0.15) is 17.3 Å². The molecule has 6 heteroatoms. The van der Waals surface area contributed by atoms with Crippen LogP contribution < -0.4 is 4.74 Å². The fourth-order valence-electron chi connectivity index (χ4n) is 1.05. The van der Waals surface area contributed by atoms with Crippen LogP contribution in [-0.4, -0.2) is 23.5 Å². The van der Waals surface area contributed by atoms with E-state index >= 15 is 0 Å². The first-order valence-electron chi connectivity index (χ1n) is 4.27. The summed E-state index contributed by atoms with van der Waals surface area (Å²) >= 11 is 11.7. The SMILES string of the molecule is CC(=O)c1ccc(OCC(=O)O)c(Cl)c1Cl. The highest BCUT2D eigenvalue weighted by Crippen LogP contribution is 2.34. The molecule has 1 aromatic rings. The van der Waals surface area contributed by atoms with Crippen LogP contribution in [0.15, 0.2) is 12.1 Å². The second kappa shape index (κ2) is 5.18. The van der Waals surface area contributed by atoms with Crippen molar-refractivity contribution in [3.05, 3.63) is 27.7 Å². The van der Waals surface area contributed by atoms with Gasteiger partial charge in [0.25, 0.3) is 0 Å². The Kier molecular flexibility index (Phi) is 4.15. The third-order valence-electron chi connectivity index (χ3n) is 1.78. The lowest BCUT2D eigenvalue weighted by molar-refractivity contribution is -0.139. The molecule has 0 aliphatic carbocycles. The van der Waals surface area contributed by atoms with Crippen molar-refractivity contribution in [3.63, 3.8) is 0 Å². The molecule has 4 nitrogen and oxygen atoms in total. The number of aliphatic carboxylic acids is 1. The van der Waals surface area contributed by atoms with Gasteiger partial charge in [-0.05, 0) is 19.1 Å². The van der Waals surface area contributed by atoms with E-state index in [1.54, 1.807) is 0 Å². The molecule has 0 heterocycles. The van der Waals surface area contributed by atoms with Crippen molar-refractivity contribution in [3.8, 4) is 5.75 Å². The molecule has 0 fully saturated rings. The lowest BCUT2D eigenvalue weighted by Crippen LogP contribution is -2.10. The molecule has 0 atom stereocenters. The topological polar surface area (TPSA) is 63.6 Å². The Bertz CT molecular complexity index is 443. The Morgan fingerprint density at radius 3 is 2.44 bits per heavy atom. The molecule has 0 amide bonds. The van der Waals surface area contributed by atoms with Crippen molar-refractivity contribution in [1.82, 2.24) is 0 Å². The molecular formula is C10H8Cl2O4. The molecule has 0 aliphatic heterocycles. The molecule has 0 bridgehead atoms. The van der Waals surface area contributed by atoms with Crippen LogP contribution in [0.25, 0.3) is 0 Å². The van der Waals surface area contributed by atoms with Crippen LogP contribution in [0, 0.1) is 0 Å². The van der Waals surface area contributed by atoms with Gasteiger partial charge in [0.2, 0.25) is 0 Å². The smallest absolute Gasteiger partial charge is 0.341 e. The number of carbonyl (C=O) groups is 2. The first kappa shape index (κ1) is 12.8. The number of ketones is 1. The summed E-state index contributed by atoms with van der Waals surface area (Å²) in [5.41, 5.74) is 0.273. The summed E-state index contributed by atoms with van der Waals surface area (Å²) in [6.07, 6.45) is 0. The maximum Gasteiger partial charge on any atom is 0.341 e. The van der Waals surface area contributed by atoms with Crippen molar-refractivity contribution in [2.75, 3.05) is 6.61 Å². The standard InChI is InChI=1S/C10H8Cl2O4/c1-5(13)6-2-3-7(10(12)9(6)11)16-4-8(14)15/h2-3H,4H2,1H3,(H,14,15). The quantitative estimate of drug-likeness (QED) is 0.848. The third kappa shape index (κ3) is 2.87. The van der Waals surface area contributed by atoms with Gasteiger partial charge in [-0.2, -0.15) is 0 Å². The van der Waals surface area contributed by atoms with Gasteiger partial charge in [0.15, 0.2) is 12.4 Å². The van der Waals surface area contributed by atoms with E-state index in [9.17, 15) is 9.59 Å². The van der Waals surface area contributed by atoms with Gasteiger partial charge < -0.3 is 9.84 Å². The Labute approximate surface area is 102 Å². The molecule has 0 unspecified atom stereocenters. The molecule has 1 rings (SSSR count). The van der Waals surface area contributed by atoms with E-state index in [0.717, 1.165) is 0 Å². The van der Waals surface area contributed by atoms with E-state index in [-0.39, 0.29) is 27.1 Å². The van der Waals surface area contributed by atoms with Crippen LogP contribution in [0.2, 0.25) is 10.0 Å². The number of rotatable bonds is 4. The first-order chi connectivity index (χ1) is 7.43. The van der Waals surface area contributed by atoms with Crippen LogP contribution in [0.3, 0.4) is 0 Å². The minimum atomic E-state index is -1.12. The molecule has 1 aromatic carbocycles. The van der Waals surface area contributed by atoms with E-state index in [0.29, 0.717) is 0 Å². The van der Waals surface area contributed by atoms with Gasteiger partial charge in [-0.1, -0.05) is 23.2 Å². The van der Waals surface area contributed by atoms with Gasteiger partial charge in [0.1, 0.15) is 10.8 Å². The summed E-state index contributed by atoms with van der Waals surface area (Å²) in [6, 6.07) is 2.85. The molecule has 16 heavy (non-hydrogen) atoms. The number of hydrogen-bond acceptors (Lipinski definition) is 3. The number of ether oxygens (including phenoxy) is 1. The summed E-state index contributed by atoms with van der Waals surface area (Å²) in [6.45, 7) is 0.838. The summed E-state index contributed by atoms with van der Waals surface area (Å²) in [4.78, 5) is 21.4. The van der Waals surface area contributed by atoms with E-state index < -0.39 is 12.6 Å². The van der Waals surface area contributed by atoms with Crippen LogP contribution in [0.5, 0.6) is 5.75 Å². The zero-order valence-electron chi connectivity index (χ0n) is 8.29. The van der Waals surface area contributed by atoms with Crippen LogP contribution >= 0.6 is 23.2 Å². The second-order valence-corrected chi connectivity index (χ2v) is 3.73. The van der Waals surface area contributed by atoms with E-state index in [1.807, 2.05) is 0 Å². The Morgan fingerprint density at radius 1 is 1.31 bits per heavy atom. The molecule has 0 radical (unpaired) electrons. The van der Waals surface area contributed by atoms with Gasteiger partial charge in [0.05, 0.1) is 5.02 Å². The number of hydrogen-bond donors (Lipinski definition) is 1. The number of carbonyl (C=O) groups excluding carboxylic acids is 1. The zero-order chi connectivity index (χ0) is 12.3. The number of carboxylic acid groups (broad SMARTS) is 1. The normalized spacial score (nSPS) is 9.94. The third-order valence-corrected chi connectivity index (χ3v) is 2.64. The lowest BCUT2D eigenvalue weighted by Gasteiger charge is -2.08. The maximum atomic E-state index is 11.1. The average Bonchev–Trinajstić information content (AvgIpc) is 2.19. The molecule has 0 aromatic heterocycles. The fourth-order valence-corrected chi connectivity index (χ4v) is 1.56. The molecule has 1 N–H and O–H groups in total. The first-order valence-corrected chi connectivity index (χ1v) is 5.02. The summed E-state index contributed by atoms with van der Waals surface area (Å²) in [7, 11) is 0. The molecule has 86 valence electrons. The highest BCUT2D eigenvalue weighted by molar-refractivity contribution is 6.44. The minimum absolute atomic E-state index is 0.0376. The van der Waals surface area contributed by atoms with Gasteiger partial charge in [-0.15, -0.1) is 0 Å².